The second-order valence-electron chi connectivity index (χ2n) is 5.57. The molecule has 0 bridgehead atoms. The van der Waals surface area contributed by atoms with Gasteiger partial charge in [-0.05, 0) is 30.6 Å². The first-order valence-corrected chi connectivity index (χ1v) is 7.58. The maximum atomic E-state index is 6.02. The van der Waals surface area contributed by atoms with Crippen molar-refractivity contribution in [1.82, 2.24) is 0 Å². The van der Waals surface area contributed by atoms with Crippen molar-refractivity contribution in [3.8, 4) is 0 Å². The molecule has 0 heterocycles. The molecule has 2 nitrogen and oxygen atoms in total. The minimum absolute atomic E-state index is 0.443. The first kappa shape index (κ1) is 15.3. The van der Waals surface area contributed by atoms with E-state index in [0.29, 0.717) is 12.7 Å². The Balaban J connectivity index is 2.26. The van der Waals surface area contributed by atoms with Crippen LogP contribution in [0.25, 0.3) is 0 Å². The lowest BCUT2D eigenvalue weighted by Crippen LogP contribution is -2.35. The largest absolute Gasteiger partial charge is 0.378 e. The Morgan fingerprint density at radius 2 is 1.94 bits per heavy atom. The minimum atomic E-state index is 0.443. The highest BCUT2D eigenvalue weighted by atomic mass is 32.1. The molecule has 0 amide bonds. The third-order valence-corrected chi connectivity index (χ3v) is 3.94. The molecule has 0 radical (unpaired) electrons. The summed E-state index contributed by atoms with van der Waals surface area (Å²) in [6, 6.07) is 0. The number of hydrogen-bond acceptors (Lipinski definition) is 3. The summed E-state index contributed by atoms with van der Waals surface area (Å²) in [5, 5.41) is 0. The van der Waals surface area contributed by atoms with Gasteiger partial charge in [-0.15, -0.1) is 0 Å². The molecule has 1 aliphatic rings. The summed E-state index contributed by atoms with van der Waals surface area (Å²) in [6.07, 6.45) is 4.34. The van der Waals surface area contributed by atoms with E-state index in [1.54, 1.807) is 0 Å². The maximum absolute atomic E-state index is 6.02. The third kappa shape index (κ3) is 5.62. The molecule has 1 aliphatic carbocycles. The van der Waals surface area contributed by atoms with Crippen molar-refractivity contribution in [2.45, 2.75) is 46.1 Å². The summed E-state index contributed by atoms with van der Waals surface area (Å²) in [7, 11) is 0. The summed E-state index contributed by atoms with van der Waals surface area (Å²) in [4.78, 5) is 0. The number of thiol groups is 1. The molecule has 17 heavy (non-hydrogen) atoms. The Morgan fingerprint density at radius 1 is 1.18 bits per heavy atom. The van der Waals surface area contributed by atoms with Gasteiger partial charge in [0.15, 0.2) is 0 Å². The smallest absolute Gasteiger partial charge is 0.0704 e. The molecule has 0 aromatic carbocycles. The fourth-order valence-electron chi connectivity index (χ4n) is 2.73. The van der Waals surface area contributed by atoms with Gasteiger partial charge < -0.3 is 9.47 Å². The van der Waals surface area contributed by atoms with Crippen LogP contribution in [-0.2, 0) is 9.47 Å². The van der Waals surface area contributed by atoms with Gasteiger partial charge in [-0.2, -0.15) is 12.6 Å². The standard InChI is InChI=1S/C14H28O2S/c1-11(2)13-5-4-12(3)10-14(13)16-7-6-15-8-9-17/h11-14,17H,4-10H2,1-3H3. The highest BCUT2D eigenvalue weighted by molar-refractivity contribution is 7.80. The molecule has 0 aromatic heterocycles. The van der Waals surface area contributed by atoms with E-state index < -0.39 is 0 Å². The van der Waals surface area contributed by atoms with Gasteiger partial charge >= 0.3 is 0 Å². The van der Waals surface area contributed by atoms with Gasteiger partial charge in [0.1, 0.15) is 0 Å². The van der Waals surface area contributed by atoms with E-state index in [1.807, 2.05) is 0 Å². The Hall–Kier alpha value is 0.270. The van der Waals surface area contributed by atoms with Gasteiger partial charge in [0.05, 0.1) is 25.9 Å². The molecule has 102 valence electrons. The lowest BCUT2D eigenvalue weighted by Gasteiger charge is -2.37. The van der Waals surface area contributed by atoms with Crippen LogP contribution >= 0.6 is 12.6 Å². The van der Waals surface area contributed by atoms with Crippen LogP contribution in [-0.4, -0.2) is 31.7 Å². The van der Waals surface area contributed by atoms with Crippen LogP contribution in [0.4, 0.5) is 0 Å². The summed E-state index contributed by atoms with van der Waals surface area (Å²) in [5.74, 6) is 3.06. The van der Waals surface area contributed by atoms with Gasteiger partial charge in [0.25, 0.3) is 0 Å². The summed E-state index contributed by atoms with van der Waals surface area (Å²) < 4.78 is 11.4. The van der Waals surface area contributed by atoms with Crippen molar-refractivity contribution in [1.29, 1.82) is 0 Å². The minimum Gasteiger partial charge on any atom is -0.378 e. The molecule has 0 N–H and O–H groups in total. The zero-order chi connectivity index (χ0) is 12.7. The van der Waals surface area contributed by atoms with E-state index in [9.17, 15) is 0 Å². The first-order chi connectivity index (χ1) is 8.15. The molecule has 1 rings (SSSR count). The maximum Gasteiger partial charge on any atom is 0.0704 e. The van der Waals surface area contributed by atoms with Crippen LogP contribution < -0.4 is 0 Å². The summed E-state index contributed by atoms with van der Waals surface area (Å²) >= 11 is 4.11. The second kappa shape index (κ2) is 8.39. The highest BCUT2D eigenvalue weighted by Crippen LogP contribution is 2.35. The van der Waals surface area contributed by atoms with Gasteiger partial charge in [0, 0.05) is 5.75 Å². The number of hydrogen-bond donors (Lipinski definition) is 1. The second-order valence-corrected chi connectivity index (χ2v) is 6.02. The van der Waals surface area contributed by atoms with Crippen molar-refractivity contribution < 1.29 is 9.47 Å². The molecule has 0 spiro atoms. The Labute approximate surface area is 112 Å². The van der Waals surface area contributed by atoms with Crippen LogP contribution in [0.3, 0.4) is 0 Å². The van der Waals surface area contributed by atoms with E-state index >= 15 is 0 Å². The molecule has 0 aliphatic heterocycles. The van der Waals surface area contributed by atoms with E-state index in [-0.39, 0.29) is 0 Å². The predicted octanol–water partition coefficient (Wildman–Crippen LogP) is 3.41. The van der Waals surface area contributed by atoms with Crippen molar-refractivity contribution in [2.24, 2.45) is 17.8 Å². The van der Waals surface area contributed by atoms with Crippen LogP contribution in [0.1, 0.15) is 40.0 Å². The molecule has 3 atom stereocenters. The van der Waals surface area contributed by atoms with Crippen molar-refractivity contribution >= 4 is 12.6 Å². The van der Waals surface area contributed by atoms with Gasteiger partial charge in [-0.1, -0.05) is 27.2 Å². The van der Waals surface area contributed by atoms with Gasteiger partial charge in [0.2, 0.25) is 0 Å². The van der Waals surface area contributed by atoms with Crippen molar-refractivity contribution in [3.05, 3.63) is 0 Å². The van der Waals surface area contributed by atoms with E-state index in [1.165, 1.54) is 19.3 Å². The highest BCUT2D eigenvalue weighted by Gasteiger charge is 2.31. The fourth-order valence-corrected chi connectivity index (χ4v) is 2.86. The summed E-state index contributed by atoms with van der Waals surface area (Å²) in [5.41, 5.74) is 0. The molecule has 3 heteroatoms. The zero-order valence-electron chi connectivity index (χ0n) is 11.5. The molecular weight excluding hydrogens is 232 g/mol. The zero-order valence-corrected chi connectivity index (χ0v) is 12.4. The van der Waals surface area contributed by atoms with E-state index in [0.717, 1.165) is 36.7 Å². The Bertz CT molecular complexity index is 197. The lowest BCUT2D eigenvalue weighted by molar-refractivity contribution is -0.0568. The monoisotopic (exact) mass is 260 g/mol. The molecule has 0 saturated heterocycles. The van der Waals surface area contributed by atoms with Crippen molar-refractivity contribution in [3.63, 3.8) is 0 Å². The number of ether oxygens (including phenoxy) is 2. The third-order valence-electron chi connectivity index (χ3n) is 3.76. The van der Waals surface area contributed by atoms with E-state index in [2.05, 4.69) is 33.4 Å². The molecule has 1 saturated carbocycles. The van der Waals surface area contributed by atoms with Crippen molar-refractivity contribution in [2.75, 3.05) is 25.6 Å². The SMILES string of the molecule is CC1CCC(C(C)C)C(OCCOCCS)C1. The first-order valence-electron chi connectivity index (χ1n) is 6.95. The van der Waals surface area contributed by atoms with Crippen LogP contribution in [0.2, 0.25) is 0 Å². The predicted molar refractivity (Wildman–Crippen MR) is 75.8 cm³/mol. The molecule has 1 fully saturated rings. The van der Waals surface area contributed by atoms with Crippen LogP contribution in [0, 0.1) is 17.8 Å². The summed E-state index contributed by atoms with van der Waals surface area (Å²) in [6.45, 7) is 9.12. The molecule has 0 aromatic rings. The Morgan fingerprint density at radius 3 is 2.59 bits per heavy atom. The topological polar surface area (TPSA) is 18.5 Å². The van der Waals surface area contributed by atoms with E-state index in [4.69, 9.17) is 9.47 Å². The Kier molecular flexibility index (Phi) is 7.56. The lowest BCUT2D eigenvalue weighted by atomic mass is 9.75. The molecule has 3 unspecified atom stereocenters. The van der Waals surface area contributed by atoms with Crippen LogP contribution in [0.15, 0.2) is 0 Å². The van der Waals surface area contributed by atoms with Crippen LogP contribution in [0.5, 0.6) is 0 Å². The normalized spacial score (nSPS) is 29.8. The fraction of sp³-hybridized carbons (Fsp3) is 1.00. The van der Waals surface area contributed by atoms with Gasteiger partial charge in [-0.3, -0.25) is 0 Å². The average Bonchev–Trinajstić information content (AvgIpc) is 2.28. The molecular formula is C14H28O2S. The quantitative estimate of drug-likeness (QED) is 0.558. The average molecular weight is 260 g/mol. The van der Waals surface area contributed by atoms with Gasteiger partial charge in [-0.25, -0.2) is 0 Å². The number of rotatable bonds is 7.